The molecule has 36 heavy (non-hydrogen) atoms. The Morgan fingerprint density at radius 2 is 1.50 bits per heavy atom. The van der Waals surface area contributed by atoms with Gasteiger partial charge in [0.05, 0.1) is 6.61 Å². The van der Waals surface area contributed by atoms with E-state index in [1.807, 2.05) is 60.7 Å². The summed E-state index contributed by atoms with van der Waals surface area (Å²) >= 11 is 1.39. The second kappa shape index (κ2) is 10.4. The lowest BCUT2D eigenvalue weighted by Gasteiger charge is -2.49. The Labute approximate surface area is 212 Å². The topological polar surface area (TPSA) is 95.9 Å². The summed E-state index contributed by atoms with van der Waals surface area (Å²) < 4.78 is 5.98. The lowest BCUT2D eigenvalue weighted by atomic mass is 10.0. The quantitative estimate of drug-likeness (QED) is 0.382. The molecule has 0 saturated carbocycles. The van der Waals surface area contributed by atoms with Gasteiger partial charge in [0.1, 0.15) is 17.1 Å². The number of carbonyl (C=O) groups excluding carboxylic acids is 3. The first-order chi connectivity index (χ1) is 17.6. The number of thioether (sulfide) groups is 1. The predicted molar refractivity (Wildman–Crippen MR) is 136 cm³/mol. The van der Waals surface area contributed by atoms with Gasteiger partial charge in [0.15, 0.2) is 6.10 Å². The molecule has 0 spiro atoms. The van der Waals surface area contributed by atoms with Crippen LogP contribution in [-0.2, 0) is 14.3 Å². The molecule has 2 N–H and O–H groups in total. The molecule has 5 rings (SSSR count). The molecule has 0 radical (unpaired) electrons. The highest BCUT2D eigenvalue weighted by atomic mass is 32.2. The predicted octanol–water partition coefficient (Wildman–Crippen LogP) is 3.28. The van der Waals surface area contributed by atoms with Crippen LogP contribution in [0.3, 0.4) is 0 Å². The van der Waals surface area contributed by atoms with E-state index in [9.17, 15) is 19.5 Å². The van der Waals surface area contributed by atoms with E-state index in [-0.39, 0.29) is 18.2 Å². The Hall–Kier alpha value is -3.88. The van der Waals surface area contributed by atoms with E-state index in [0.717, 1.165) is 11.1 Å². The van der Waals surface area contributed by atoms with Crippen LogP contribution in [0.4, 0.5) is 0 Å². The summed E-state index contributed by atoms with van der Waals surface area (Å²) in [5, 5.41) is 12.3. The molecule has 3 aromatic rings. The fourth-order valence-electron chi connectivity index (χ4n) is 4.35. The zero-order chi connectivity index (χ0) is 25.1. The molecule has 7 nitrogen and oxygen atoms in total. The molecule has 8 heteroatoms. The van der Waals surface area contributed by atoms with E-state index in [4.69, 9.17) is 4.74 Å². The Morgan fingerprint density at radius 1 is 0.944 bits per heavy atom. The SMILES string of the molecule is O=C(OC(c1ccccc1)c1ccccc1)C1=C(CO)CS[C@@H]2[C@@H](NC(=O)c3ccccc3)C(=O)N12. The number of benzene rings is 3. The van der Waals surface area contributed by atoms with Crippen LogP contribution in [0.5, 0.6) is 0 Å². The van der Waals surface area contributed by atoms with Gasteiger partial charge >= 0.3 is 5.97 Å². The molecule has 1 saturated heterocycles. The smallest absolute Gasteiger partial charge is 0.356 e. The van der Waals surface area contributed by atoms with Gasteiger partial charge in [0.2, 0.25) is 0 Å². The Morgan fingerprint density at radius 3 is 2.06 bits per heavy atom. The van der Waals surface area contributed by atoms with Crippen LogP contribution in [0, 0.1) is 0 Å². The Kier molecular flexibility index (Phi) is 6.88. The summed E-state index contributed by atoms with van der Waals surface area (Å²) in [6.07, 6.45) is -0.690. The first-order valence-corrected chi connectivity index (χ1v) is 12.6. The van der Waals surface area contributed by atoms with E-state index < -0.39 is 29.4 Å². The number of hydrogen-bond acceptors (Lipinski definition) is 6. The van der Waals surface area contributed by atoms with Crippen LogP contribution in [0.25, 0.3) is 0 Å². The molecule has 2 aliphatic heterocycles. The average molecular weight is 501 g/mol. The first-order valence-electron chi connectivity index (χ1n) is 11.5. The number of hydrogen-bond donors (Lipinski definition) is 2. The van der Waals surface area contributed by atoms with E-state index in [1.54, 1.807) is 30.3 Å². The number of amides is 2. The van der Waals surface area contributed by atoms with Gasteiger partial charge in [0, 0.05) is 11.3 Å². The maximum atomic E-state index is 13.5. The molecule has 182 valence electrons. The maximum Gasteiger partial charge on any atom is 0.356 e. The zero-order valence-corrected chi connectivity index (χ0v) is 20.1. The van der Waals surface area contributed by atoms with Crippen LogP contribution in [-0.4, -0.2) is 51.6 Å². The van der Waals surface area contributed by atoms with E-state index in [0.29, 0.717) is 16.9 Å². The highest BCUT2D eigenvalue weighted by Crippen LogP contribution is 2.41. The third-order valence-corrected chi connectivity index (χ3v) is 7.52. The second-order valence-electron chi connectivity index (χ2n) is 8.44. The second-order valence-corrected chi connectivity index (χ2v) is 9.55. The summed E-state index contributed by atoms with van der Waals surface area (Å²) in [5.41, 5.74) is 2.49. The third-order valence-electron chi connectivity index (χ3n) is 6.18. The number of carbonyl (C=O) groups is 3. The normalized spacial score (nSPS) is 18.9. The van der Waals surface area contributed by atoms with Crippen molar-refractivity contribution in [3.63, 3.8) is 0 Å². The van der Waals surface area contributed by atoms with Crippen molar-refractivity contribution in [2.24, 2.45) is 0 Å². The highest BCUT2D eigenvalue weighted by Gasteiger charge is 2.54. The monoisotopic (exact) mass is 500 g/mol. The zero-order valence-electron chi connectivity index (χ0n) is 19.2. The number of fused-ring (bicyclic) bond motifs is 1. The molecule has 0 aromatic heterocycles. The standard InChI is InChI=1S/C28H24N2O5S/c31-16-21-17-36-27-22(29-25(32)20-14-8-3-9-15-20)26(33)30(27)23(21)28(34)35-24(18-10-4-1-5-11-18)19-12-6-2-7-13-19/h1-15,22,24,27,31H,16-17H2,(H,29,32)/t22-,27+/m0/s1. The van der Waals surface area contributed by atoms with E-state index in [2.05, 4.69) is 5.32 Å². The molecule has 0 aliphatic carbocycles. The first kappa shape index (κ1) is 23.8. The lowest BCUT2D eigenvalue weighted by molar-refractivity contribution is -0.153. The van der Waals surface area contributed by atoms with Gasteiger partial charge < -0.3 is 15.2 Å². The van der Waals surface area contributed by atoms with Gasteiger partial charge in [0.25, 0.3) is 11.8 Å². The summed E-state index contributed by atoms with van der Waals surface area (Å²) in [5.74, 6) is -1.12. The van der Waals surface area contributed by atoms with Crippen LogP contribution in [0.15, 0.2) is 102 Å². The van der Waals surface area contributed by atoms with Gasteiger partial charge in [-0.05, 0) is 28.8 Å². The van der Waals surface area contributed by atoms with Crippen molar-refractivity contribution >= 4 is 29.5 Å². The van der Waals surface area contributed by atoms with Crippen LogP contribution < -0.4 is 5.32 Å². The molecular formula is C28H24N2O5S. The van der Waals surface area contributed by atoms with Gasteiger partial charge in [-0.1, -0.05) is 78.9 Å². The number of nitrogens with zero attached hydrogens (tertiary/aromatic N) is 1. The van der Waals surface area contributed by atoms with Crippen molar-refractivity contribution in [1.29, 1.82) is 0 Å². The van der Waals surface area contributed by atoms with Crippen LogP contribution in [0.2, 0.25) is 0 Å². The number of rotatable bonds is 7. The third kappa shape index (κ3) is 4.53. The molecule has 0 bridgehead atoms. The van der Waals surface area contributed by atoms with Crippen molar-refractivity contribution in [1.82, 2.24) is 10.2 Å². The largest absolute Gasteiger partial charge is 0.448 e. The fourth-order valence-corrected chi connectivity index (χ4v) is 5.69. The Balaban J connectivity index is 1.39. The molecule has 2 amide bonds. The summed E-state index contributed by atoms with van der Waals surface area (Å²) in [6, 6.07) is 26.6. The molecule has 2 aliphatic rings. The summed E-state index contributed by atoms with van der Waals surface area (Å²) in [7, 11) is 0. The summed E-state index contributed by atoms with van der Waals surface area (Å²) in [4.78, 5) is 40.6. The average Bonchev–Trinajstić information content (AvgIpc) is 2.94. The summed E-state index contributed by atoms with van der Waals surface area (Å²) in [6.45, 7) is -0.379. The lowest BCUT2D eigenvalue weighted by Crippen LogP contribution is -2.70. The molecule has 0 unspecified atom stereocenters. The number of ether oxygens (including phenoxy) is 1. The molecule has 3 aromatic carbocycles. The van der Waals surface area contributed by atoms with E-state index >= 15 is 0 Å². The number of esters is 1. The van der Waals surface area contributed by atoms with Gasteiger partial charge in [-0.2, -0.15) is 0 Å². The van der Waals surface area contributed by atoms with Gasteiger partial charge in [-0.25, -0.2) is 4.79 Å². The van der Waals surface area contributed by atoms with Crippen molar-refractivity contribution in [2.75, 3.05) is 12.4 Å². The number of aliphatic hydroxyl groups excluding tert-OH is 1. The van der Waals surface area contributed by atoms with Crippen molar-refractivity contribution in [2.45, 2.75) is 17.5 Å². The molecule has 2 heterocycles. The number of aliphatic hydroxyl groups is 1. The molecular weight excluding hydrogens is 476 g/mol. The maximum absolute atomic E-state index is 13.5. The minimum atomic E-state index is -0.773. The van der Waals surface area contributed by atoms with Gasteiger partial charge in [-0.15, -0.1) is 11.8 Å². The Bertz CT molecular complexity index is 1260. The highest BCUT2D eigenvalue weighted by molar-refractivity contribution is 8.00. The van der Waals surface area contributed by atoms with Crippen molar-refractivity contribution in [3.05, 3.63) is 119 Å². The number of nitrogens with one attached hydrogen (secondary N) is 1. The fraction of sp³-hybridized carbons (Fsp3) is 0.179. The number of β-lactam (4-membered cyclic amide) rings is 1. The molecule has 1 fully saturated rings. The minimum Gasteiger partial charge on any atom is -0.448 e. The van der Waals surface area contributed by atoms with Crippen molar-refractivity contribution < 1.29 is 24.2 Å². The molecule has 2 atom stereocenters. The van der Waals surface area contributed by atoms with Gasteiger partial charge in [-0.3, -0.25) is 14.5 Å². The van der Waals surface area contributed by atoms with Crippen LogP contribution in [0.1, 0.15) is 27.6 Å². The van der Waals surface area contributed by atoms with Crippen molar-refractivity contribution in [3.8, 4) is 0 Å². The minimum absolute atomic E-state index is 0.0494. The van der Waals surface area contributed by atoms with E-state index in [1.165, 1.54) is 16.7 Å². The van der Waals surface area contributed by atoms with Crippen LogP contribution >= 0.6 is 11.8 Å².